The Hall–Kier alpha value is -2.20. The maximum absolute atomic E-state index is 12.0. The van der Waals surface area contributed by atoms with Crippen molar-refractivity contribution in [2.45, 2.75) is 78.7 Å². The zero-order valence-electron chi connectivity index (χ0n) is 18.6. The zero-order valence-corrected chi connectivity index (χ0v) is 18.6. The third kappa shape index (κ3) is 12.1. The van der Waals surface area contributed by atoms with Gasteiger partial charge in [-0.1, -0.05) is 41.0 Å². The summed E-state index contributed by atoms with van der Waals surface area (Å²) in [6.07, 6.45) is 15.5. The highest BCUT2D eigenvalue weighted by molar-refractivity contribution is 5.87. The van der Waals surface area contributed by atoms with E-state index in [0.29, 0.717) is 12.2 Å². The molecular weight excluding hydrogens is 360 g/mol. The number of nitrogens with zero attached hydrogens (tertiary/aromatic N) is 1. The average molecular weight is 399 g/mol. The molecule has 0 fully saturated rings. The van der Waals surface area contributed by atoms with Gasteiger partial charge in [-0.2, -0.15) is 0 Å². The minimum absolute atomic E-state index is 0.190. The van der Waals surface area contributed by atoms with E-state index in [4.69, 9.17) is 0 Å². The fourth-order valence-electron chi connectivity index (χ4n) is 3.06. The number of anilines is 1. The number of rotatable bonds is 14. The molecule has 0 saturated carbocycles. The number of pyridine rings is 1. The van der Waals surface area contributed by atoms with Crippen LogP contribution in [0.1, 0.15) is 72.6 Å². The van der Waals surface area contributed by atoms with Gasteiger partial charge in [0.2, 0.25) is 0 Å². The number of aromatic nitrogens is 1. The third-order valence-electron chi connectivity index (χ3n) is 4.84. The van der Waals surface area contributed by atoms with Crippen LogP contribution in [0.3, 0.4) is 0 Å². The van der Waals surface area contributed by atoms with Crippen LogP contribution in [0.15, 0.2) is 59.3 Å². The van der Waals surface area contributed by atoms with Crippen LogP contribution in [-0.4, -0.2) is 28.5 Å². The predicted molar refractivity (Wildman–Crippen MR) is 123 cm³/mol. The Labute approximate surface area is 176 Å². The first-order valence-corrected chi connectivity index (χ1v) is 10.7. The van der Waals surface area contributed by atoms with Gasteiger partial charge in [-0.15, -0.1) is 0 Å². The second-order valence-electron chi connectivity index (χ2n) is 7.93. The smallest absolute Gasteiger partial charge is 0.180 e. The fraction of sp³-hybridized carbons (Fsp3) is 0.520. The molecule has 4 nitrogen and oxygen atoms in total. The first-order chi connectivity index (χ1) is 13.9. The topological polar surface area (TPSA) is 62.2 Å². The summed E-state index contributed by atoms with van der Waals surface area (Å²) < 4.78 is 0. The summed E-state index contributed by atoms with van der Waals surface area (Å²) in [6.45, 7) is 8.23. The summed E-state index contributed by atoms with van der Waals surface area (Å²) in [5.74, 6) is 0.475. The molecule has 1 atom stereocenters. The van der Waals surface area contributed by atoms with Crippen LogP contribution in [0.5, 0.6) is 0 Å². The molecule has 1 aromatic heterocycles. The molecule has 0 aliphatic heterocycles. The number of aliphatic hydroxyl groups is 1. The van der Waals surface area contributed by atoms with Crippen LogP contribution in [0, 0.1) is 0 Å². The summed E-state index contributed by atoms with van der Waals surface area (Å²) in [5.41, 5.74) is 4.23. The van der Waals surface area contributed by atoms with Gasteiger partial charge in [0.25, 0.3) is 0 Å². The molecule has 0 saturated heterocycles. The number of aliphatic hydroxyl groups excluding tert-OH is 1. The second-order valence-corrected chi connectivity index (χ2v) is 7.93. The van der Waals surface area contributed by atoms with E-state index in [9.17, 15) is 9.90 Å². The molecule has 1 aromatic rings. The van der Waals surface area contributed by atoms with Crippen molar-refractivity contribution in [3.63, 3.8) is 0 Å². The minimum atomic E-state index is -0.446. The molecule has 1 heterocycles. The Kier molecular flexibility index (Phi) is 12.6. The number of hydrogen-bond acceptors (Lipinski definition) is 4. The number of Topliss-reactive ketones (excluding diaryl/α,β-unsaturated/α-hetero) is 1. The molecule has 1 rings (SSSR count). The summed E-state index contributed by atoms with van der Waals surface area (Å²) in [7, 11) is 0. The standard InChI is InChI=1S/C25H38N2O2/c1-20(2)11-9-13-22(4)15-10-14-21(3)12-5-6-16-23(24(29)19-28)27-25-17-7-8-18-26-25/h7-8,11-12,15,17-18,23,28H,5-6,9-10,13-14,16,19H2,1-4H3,(H,26,27). The van der Waals surface area contributed by atoms with E-state index in [1.807, 2.05) is 18.2 Å². The van der Waals surface area contributed by atoms with E-state index >= 15 is 0 Å². The Morgan fingerprint density at radius 1 is 1.03 bits per heavy atom. The van der Waals surface area contributed by atoms with Gasteiger partial charge in [0.05, 0.1) is 6.04 Å². The maximum atomic E-state index is 12.0. The van der Waals surface area contributed by atoms with Gasteiger partial charge in [-0.3, -0.25) is 4.79 Å². The van der Waals surface area contributed by atoms with Gasteiger partial charge in [-0.05, 0) is 84.8 Å². The number of allylic oxidation sites excluding steroid dienone is 6. The lowest BCUT2D eigenvalue weighted by Gasteiger charge is -2.16. The molecular formula is C25H38N2O2. The molecule has 0 radical (unpaired) electrons. The first-order valence-electron chi connectivity index (χ1n) is 10.7. The molecule has 1 unspecified atom stereocenters. The highest BCUT2D eigenvalue weighted by Crippen LogP contribution is 2.14. The molecule has 0 amide bonds. The average Bonchev–Trinajstić information content (AvgIpc) is 2.70. The molecule has 160 valence electrons. The van der Waals surface area contributed by atoms with Crippen LogP contribution >= 0.6 is 0 Å². The molecule has 0 aromatic carbocycles. The van der Waals surface area contributed by atoms with E-state index in [2.05, 4.69) is 56.2 Å². The van der Waals surface area contributed by atoms with E-state index in [-0.39, 0.29) is 5.78 Å². The SMILES string of the molecule is CC(C)=CCCC(C)=CCCC(C)=CCCCC(Nc1ccccn1)C(=O)CO. The van der Waals surface area contributed by atoms with Crippen molar-refractivity contribution in [2.75, 3.05) is 11.9 Å². The Bertz CT molecular complexity index is 686. The highest BCUT2D eigenvalue weighted by atomic mass is 16.3. The van der Waals surface area contributed by atoms with Crippen molar-refractivity contribution in [3.8, 4) is 0 Å². The van der Waals surface area contributed by atoms with Gasteiger partial charge in [0.1, 0.15) is 12.4 Å². The maximum Gasteiger partial charge on any atom is 0.180 e. The number of hydrogen-bond donors (Lipinski definition) is 2. The summed E-state index contributed by atoms with van der Waals surface area (Å²) >= 11 is 0. The molecule has 2 N–H and O–H groups in total. The monoisotopic (exact) mass is 398 g/mol. The van der Waals surface area contributed by atoms with Crippen molar-refractivity contribution in [2.24, 2.45) is 0 Å². The molecule has 0 spiro atoms. The van der Waals surface area contributed by atoms with Crippen molar-refractivity contribution in [1.29, 1.82) is 0 Å². The van der Waals surface area contributed by atoms with Crippen LogP contribution in [0.2, 0.25) is 0 Å². The molecule has 0 aliphatic rings. The van der Waals surface area contributed by atoms with Crippen molar-refractivity contribution in [1.82, 2.24) is 4.98 Å². The van der Waals surface area contributed by atoms with Crippen LogP contribution in [0.4, 0.5) is 5.82 Å². The summed E-state index contributed by atoms with van der Waals surface area (Å²) in [5, 5.41) is 12.4. The van der Waals surface area contributed by atoms with Gasteiger partial charge < -0.3 is 10.4 Å². The molecule has 29 heavy (non-hydrogen) atoms. The van der Waals surface area contributed by atoms with Crippen LogP contribution in [-0.2, 0) is 4.79 Å². The fourth-order valence-corrected chi connectivity index (χ4v) is 3.06. The largest absolute Gasteiger partial charge is 0.389 e. The van der Waals surface area contributed by atoms with E-state index in [0.717, 1.165) is 38.5 Å². The lowest BCUT2D eigenvalue weighted by atomic mass is 10.0. The normalized spacial score (nSPS) is 13.1. The second kappa shape index (κ2) is 14.7. The quantitative estimate of drug-likeness (QED) is 0.297. The Balaban J connectivity index is 2.36. The van der Waals surface area contributed by atoms with E-state index < -0.39 is 12.6 Å². The van der Waals surface area contributed by atoms with Crippen LogP contribution < -0.4 is 5.32 Å². The number of nitrogens with one attached hydrogen (secondary N) is 1. The summed E-state index contributed by atoms with van der Waals surface area (Å²) in [6, 6.07) is 5.15. The Morgan fingerprint density at radius 2 is 1.69 bits per heavy atom. The third-order valence-corrected chi connectivity index (χ3v) is 4.84. The lowest BCUT2D eigenvalue weighted by molar-refractivity contribution is -0.122. The first kappa shape index (κ1) is 24.8. The molecule has 4 heteroatoms. The minimum Gasteiger partial charge on any atom is -0.389 e. The number of carbonyl (C=O) groups excluding carboxylic acids is 1. The lowest BCUT2D eigenvalue weighted by Crippen LogP contribution is -2.32. The van der Waals surface area contributed by atoms with Gasteiger partial charge >= 0.3 is 0 Å². The van der Waals surface area contributed by atoms with Crippen molar-refractivity contribution < 1.29 is 9.90 Å². The van der Waals surface area contributed by atoms with Crippen LogP contribution in [0.25, 0.3) is 0 Å². The van der Waals surface area contributed by atoms with Crippen molar-refractivity contribution >= 4 is 11.6 Å². The highest BCUT2D eigenvalue weighted by Gasteiger charge is 2.17. The summed E-state index contributed by atoms with van der Waals surface area (Å²) in [4.78, 5) is 16.2. The zero-order chi connectivity index (χ0) is 21.5. The van der Waals surface area contributed by atoms with Crippen molar-refractivity contribution in [3.05, 3.63) is 59.3 Å². The van der Waals surface area contributed by atoms with Gasteiger partial charge in [0.15, 0.2) is 5.78 Å². The number of ketones is 1. The van der Waals surface area contributed by atoms with Gasteiger partial charge in [-0.25, -0.2) is 4.98 Å². The molecule has 0 aliphatic carbocycles. The number of carbonyl (C=O) groups is 1. The Morgan fingerprint density at radius 3 is 2.28 bits per heavy atom. The van der Waals surface area contributed by atoms with E-state index in [1.54, 1.807) is 6.20 Å². The predicted octanol–water partition coefficient (Wildman–Crippen LogP) is 6.01. The molecule has 0 bridgehead atoms. The van der Waals surface area contributed by atoms with E-state index in [1.165, 1.54) is 16.7 Å². The number of unbranched alkanes of at least 4 members (excludes halogenated alkanes) is 1. The van der Waals surface area contributed by atoms with Gasteiger partial charge in [0, 0.05) is 6.20 Å².